The van der Waals surface area contributed by atoms with Gasteiger partial charge in [-0.25, -0.2) is 4.79 Å². The van der Waals surface area contributed by atoms with Crippen LogP contribution in [0.3, 0.4) is 0 Å². The summed E-state index contributed by atoms with van der Waals surface area (Å²) in [5, 5.41) is 16.4. The Hall–Kier alpha value is -4.38. The van der Waals surface area contributed by atoms with Crippen molar-refractivity contribution in [1.82, 2.24) is 4.90 Å². The van der Waals surface area contributed by atoms with Crippen molar-refractivity contribution in [1.29, 1.82) is 0 Å². The lowest BCUT2D eigenvalue weighted by Gasteiger charge is -2.13. The van der Waals surface area contributed by atoms with Crippen molar-refractivity contribution >= 4 is 45.7 Å². The van der Waals surface area contributed by atoms with Gasteiger partial charge in [0.05, 0.1) is 17.1 Å². The lowest BCUT2D eigenvalue weighted by atomic mass is 9.99. The molecule has 0 aliphatic carbocycles. The highest BCUT2D eigenvalue weighted by atomic mass is 32.1. The third-order valence-electron chi connectivity index (χ3n) is 6.80. The molecule has 3 amide bonds. The number of unbranched alkanes of at least 4 members (excludes halogenated alkanes) is 2. The molecule has 1 aromatic heterocycles. The van der Waals surface area contributed by atoms with E-state index in [9.17, 15) is 29.3 Å². The van der Waals surface area contributed by atoms with Gasteiger partial charge >= 0.3 is 5.97 Å². The standard InChI is InChI=1S/C29H29N3O7S/c1-4-39-29(36)25-21(19-13-12-17(2)18(3)15-19)16-40-26(25)30-23(33)11-6-5-7-14-31-27(34)20-9-8-10-22(32(37)38)24(20)28(31)35/h8-10,12-13,15-16H,4-7,11,14H2,1-3H3,(H,30,33). The van der Waals surface area contributed by atoms with Crippen LogP contribution >= 0.6 is 11.3 Å². The maximum absolute atomic E-state index is 12.8. The largest absolute Gasteiger partial charge is 0.462 e. The number of amides is 3. The number of carbonyl (C=O) groups is 4. The minimum absolute atomic E-state index is 0.0343. The quantitative estimate of drug-likeness (QED) is 0.101. The molecule has 0 unspecified atom stereocenters. The van der Waals surface area contributed by atoms with Crippen molar-refractivity contribution in [2.45, 2.75) is 46.5 Å². The fourth-order valence-electron chi connectivity index (χ4n) is 4.57. The van der Waals surface area contributed by atoms with Gasteiger partial charge in [-0.2, -0.15) is 0 Å². The summed E-state index contributed by atoms with van der Waals surface area (Å²) in [6.45, 7) is 6.03. The molecule has 0 spiro atoms. The van der Waals surface area contributed by atoms with Crippen LogP contribution < -0.4 is 5.32 Å². The van der Waals surface area contributed by atoms with Crippen LogP contribution in [0.15, 0.2) is 41.8 Å². The van der Waals surface area contributed by atoms with Crippen molar-refractivity contribution in [2.75, 3.05) is 18.5 Å². The molecule has 1 aliphatic rings. The second-order valence-electron chi connectivity index (χ2n) is 9.45. The normalized spacial score (nSPS) is 12.4. The molecule has 2 aromatic carbocycles. The zero-order valence-corrected chi connectivity index (χ0v) is 23.3. The number of benzene rings is 2. The van der Waals surface area contributed by atoms with E-state index in [1.807, 2.05) is 37.4 Å². The monoisotopic (exact) mass is 563 g/mol. The van der Waals surface area contributed by atoms with Crippen molar-refractivity contribution in [2.24, 2.45) is 0 Å². The van der Waals surface area contributed by atoms with Crippen molar-refractivity contribution in [3.05, 3.63) is 79.7 Å². The number of imide groups is 1. The molecule has 208 valence electrons. The van der Waals surface area contributed by atoms with Gasteiger partial charge in [-0.15, -0.1) is 11.3 Å². The number of rotatable bonds is 11. The van der Waals surface area contributed by atoms with Gasteiger partial charge in [0, 0.05) is 30.0 Å². The molecular formula is C29H29N3O7S. The van der Waals surface area contributed by atoms with Gasteiger partial charge in [0.2, 0.25) is 5.91 Å². The molecule has 10 nitrogen and oxygen atoms in total. The molecule has 1 N–H and O–H groups in total. The van der Waals surface area contributed by atoms with Gasteiger partial charge < -0.3 is 10.1 Å². The second-order valence-corrected chi connectivity index (χ2v) is 10.3. The minimum Gasteiger partial charge on any atom is -0.462 e. The molecule has 4 rings (SSSR count). The zero-order valence-electron chi connectivity index (χ0n) is 22.4. The van der Waals surface area contributed by atoms with Crippen LogP contribution in [0.4, 0.5) is 10.7 Å². The van der Waals surface area contributed by atoms with Crippen LogP contribution in [0.1, 0.15) is 74.8 Å². The number of ether oxygens (including phenoxy) is 1. The van der Waals surface area contributed by atoms with Crippen molar-refractivity contribution in [3.8, 4) is 11.1 Å². The number of anilines is 1. The third-order valence-corrected chi connectivity index (χ3v) is 7.70. The molecule has 0 fully saturated rings. The number of aryl methyl sites for hydroxylation is 2. The van der Waals surface area contributed by atoms with Gasteiger partial charge in [-0.05, 0) is 56.4 Å². The number of hydrogen-bond acceptors (Lipinski definition) is 8. The van der Waals surface area contributed by atoms with E-state index < -0.39 is 22.7 Å². The highest BCUT2D eigenvalue weighted by Crippen LogP contribution is 2.37. The molecular weight excluding hydrogens is 534 g/mol. The summed E-state index contributed by atoms with van der Waals surface area (Å²) in [5.41, 5.74) is 3.58. The summed E-state index contributed by atoms with van der Waals surface area (Å²) < 4.78 is 5.27. The Morgan fingerprint density at radius 1 is 1.02 bits per heavy atom. The summed E-state index contributed by atoms with van der Waals surface area (Å²) in [4.78, 5) is 62.4. The Morgan fingerprint density at radius 3 is 2.50 bits per heavy atom. The lowest BCUT2D eigenvalue weighted by molar-refractivity contribution is -0.385. The molecule has 0 radical (unpaired) electrons. The zero-order chi connectivity index (χ0) is 29.0. The van der Waals surface area contributed by atoms with E-state index in [0.29, 0.717) is 35.4 Å². The second kappa shape index (κ2) is 12.2. The average Bonchev–Trinajstić information content (AvgIpc) is 3.44. The number of thiophene rings is 1. The predicted octanol–water partition coefficient (Wildman–Crippen LogP) is 5.91. The fourth-order valence-corrected chi connectivity index (χ4v) is 5.54. The fraction of sp³-hybridized carbons (Fsp3) is 0.310. The molecule has 1 aliphatic heterocycles. The van der Waals surface area contributed by atoms with Crippen LogP contribution in [0.2, 0.25) is 0 Å². The Labute approximate surface area is 235 Å². The molecule has 0 saturated heterocycles. The van der Waals surface area contributed by atoms with Gasteiger partial charge in [-0.3, -0.25) is 29.4 Å². The maximum atomic E-state index is 12.8. The third kappa shape index (κ3) is 5.79. The van der Waals surface area contributed by atoms with E-state index in [2.05, 4.69) is 5.32 Å². The highest BCUT2D eigenvalue weighted by Gasteiger charge is 2.40. The molecule has 0 bridgehead atoms. The van der Waals surface area contributed by atoms with Gasteiger partial charge in [-0.1, -0.05) is 30.7 Å². The molecule has 40 heavy (non-hydrogen) atoms. The highest BCUT2D eigenvalue weighted by molar-refractivity contribution is 7.15. The number of hydrogen-bond donors (Lipinski definition) is 1. The van der Waals surface area contributed by atoms with Crippen LogP contribution in [-0.4, -0.2) is 46.7 Å². The molecule has 0 saturated carbocycles. The summed E-state index contributed by atoms with van der Waals surface area (Å²) in [6, 6.07) is 9.92. The van der Waals surface area contributed by atoms with Crippen LogP contribution in [0, 0.1) is 24.0 Å². The van der Waals surface area contributed by atoms with Gasteiger partial charge in [0.1, 0.15) is 16.1 Å². The van der Waals surface area contributed by atoms with Crippen LogP contribution in [-0.2, 0) is 9.53 Å². The van der Waals surface area contributed by atoms with E-state index in [0.717, 1.165) is 21.6 Å². The molecule has 0 atom stereocenters. The van der Waals surface area contributed by atoms with E-state index >= 15 is 0 Å². The Morgan fingerprint density at radius 2 is 1.80 bits per heavy atom. The summed E-state index contributed by atoms with van der Waals surface area (Å²) in [6.07, 6.45) is 1.65. The number of nitro benzene ring substituents is 1. The first-order valence-corrected chi connectivity index (χ1v) is 13.8. The summed E-state index contributed by atoms with van der Waals surface area (Å²) in [5.74, 6) is -2.00. The first kappa shape index (κ1) is 28.6. The Kier molecular flexibility index (Phi) is 8.73. The Balaban J connectivity index is 1.34. The topological polar surface area (TPSA) is 136 Å². The molecule has 3 aromatic rings. The number of fused-ring (bicyclic) bond motifs is 1. The smallest absolute Gasteiger partial charge is 0.341 e. The van der Waals surface area contributed by atoms with Crippen molar-refractivity contribution < 1.29 is 28.8 Å². The van der Waals surface area contributed by atoms with Gasteiger partial charge in [0.25, 0.3) is 17.5 Å². The minimum atomic E-state index is -0.672. The lowest BCUT2D eigenvalue weighted by Crippen LogP contribution is -2.30. The van der Waals surface area contributed by atoms with E-state index in [1.54, 1.807) is 6.92 Å². The number of carbonyl (C=O) groups excluding carboxylic acids is 4. The Bertz CT molecular complexity index is 1510. The first-order chi connectivity index (χ1) is 19.1. The summed E-state index contributed by atoms with van der Waals surface area (Å²) in [7, 11) is 0. The number of esters is 1. The molecule has 11 heteroatoms. The average molecular weight is 564 g/mol. The van der Waals surface area contributed by atoms with E-state index in [1.165, 1.54) is 29.5 Å². The number of nitrogens with one attached hydrogen (secondary N) is 1. The maximum Gasteiger partial charge on any atom is 0.341 e. The SMILES string of the molecule is CCOC(=O)c1c(-c2ccc(C)c(C)c2)csc1NC(=O)CCCCCN1C(=O)c2cccc([N+](=O)[O-])c2C1=O. The molecule has 2 heterocycles. The number of nitro groups is 1. The predicted molar refractivity (Wildman–Crippen MR) is 151 cm³/mol. The van der Waals surface area contributed by atoms with E-state index in [-0.39, 0.29) is 42.3 Å². The van der Waals surface area contributed by atoms with Crippen LogP contribution in [0.25, 0.3) is 11.1 Å². The van der Waals surface area contributed by atoms with Gasteiger partial charge in [0.15, 0.2) is 0 Å². The van der Waals surface area contributed by atoms with Crippen LogP contribution in [0.5, 0.6) is 0 Å². The van der Waals surface area contributed by atoms with E-state index in [4.69, 9.17) is 4.74 Å². The summed E-state index contributed by atoms with van der Waals surface area (Å²) >= 11 is 1.26. The van der Waals surface area contributed by atoms with Crippen molar-refractivity contribution in [3.63, 3.8) is 0 Å². The first-order valence-electron chi connectivity index (χ1n) is 12.9. The number of nitrogens with zero attached hydrogens (tertiary/aromatic N) is 2.